The minimum absolute atomic E-state index is 0.150. The number of rotatable bonds is 5. The van der Waals surface area contributed by atoms with Crippen molar-refractivity contribution in [3.63, 3.8) is 0 Å². The molecule has 1 aliphatic rings. The number of hydrogen-bond acceptors (Lipinski definition) is 6. The van der Waals surface area contributed by atoms with E-state index in [4.69, 9.17) is 0 Å². The molecule has 3 aromatic rings. The summed E-state index contributed by atoms with van der Waals surface area (Å²) in [6.45, 7) is 2.61. The van der Waals surface area contributed by atoms with Crippen LogP contribution in [0.1, 0.15) is 17.8 Å². The van der Waals surface area contributed by atoms with Crippen LogP contribution in [-0.4, -0.2) is 36.7 Å². The molecule has 1 aromatic carbocycles. The standard InChI is InChI=1S/C20H21N3O3S3/c1-14-21-18(13-28-14)15-5-2-7-17(11-15)22-20(24)16-6-3-9-23(12-16)29(25,26)19-8-4-10-27-19/h2,4-5,7-8,10-11,13,16H,3,6,9,12H2,1H3,(H,22,24)/t16-/m1/s1. The first-order chi connectivity index (χ1) is 13.9. The molecule has 0 bridgehead atoms. The zero-order chi connectivity index (χ0) is 20.4. The lowest BCUT2D eigenvalue weighted by molar-refractivity contribution is -0.120. The number of sulfonamides is 1. The summed E-state index contributed by atoms with van der Waals surface area (Å²) in [6.07, 6.45) is 1.34. The van der Waals surface area contributed by atoms with Crippen molar-refractivity contribution in [2.75, 3.05) is 18.4 Å². The first-order valence-corrected chi connectivity index (χ1v) is 12.5. The number of aryl methyl sites for hydroxylation is 1. The molecule has 1 amide bonds. The van der Waals surface area contributed by atoms with Crippen molar-refractivity contribution in [3.8, 4) is 11.3 Å². The fourth-order valence-electron chi connectivity index (χ4n) is 3.41. The highest BCUT2D eigenvalue weighted by Crippen LogP contribution is 2.28. The number of aromatic nitrogens is 1. The minimum atomic E-state index is -3.53. The van der Waals surface area contributed by atoms with Gasteiger partial charge in [-0.2, -0.15) is 4.31 Å². The summed E-state index contributed by atoms with van der Waals surface area (Å²) in [4.78, 5) is 17.3. The molecule has 6 nitrogen and oxygen atoms in total. The molecule has 0 spiro atoms. The summed E-state index contributed by atoms with van der Waals surface area (Å²) in [5.41, 5.74) is 2.52. The van der Waals surface area contributed by atoms with Gasteiger partial charge in [0.05, 0.1) is 16.6 Å². The molecular weight excluding hydrogens is 426 g/mol. The number of carbonyl (C=O) groups is 1. The molecule has 0 aliphatic carbocycles. The molecule has 1 fully saturated rings. The van der Waals surface area contributed by atoms with Gasteiger partial charge in [-0.1, -0.05) is 18.2 Å². The van der Waals surface area contributed by atoms with E-state index in [9.17, 15) is 13.2 Å². The molecule has 3 heterocycles. The quantitative estimate of drug-likeness (QED) is 0.635. The van der Waals surface area contributed by atoms with E-state index in [1.807, 2.05) is 36.6 Å². The highest BCUT2D eigenvalue weighted by molar-refractivity contribution is 7.91. The first-order valence-electron chi connectivity index (χ1n) is 9.30. The Kier molecular flexibility index (Phi) is 5.82. The maximum atomic E-state index is 12.8. The van der Waals surface area contributed by atoms with Crippen LogP contribution in [0.3, 0.4) is 0 Å². The van der Waals surface area contributed by atoms with E-state index in [1.165, 1.54) is 15.6 Å². The second-order valence-electron chi connectivity index (χ2n) is 6.96. The van der Waals surface area contributed by atoms with E-state index in [1.54, 1.807) is 28.8 Å². The van der Waals surface area contributed by atoms with Gasteiger partial charge in [-0.3, -0.25) is 4.79 Å². The van der Waals surface area contributed by atoms with Crippen LogP contribution in [0.4, 0.5) is 5.69 Å². The topological polar surface area (TPSA) is 79.4 Å². The predicted octanol–water partition coefficient (Wildman–Crippen LogP) is 4.22. The van der Waals surface area contributed by atoms with Crippen molar-refractivity contribution in [3.05, 3.63) is 52.2 Å². The Labute approximate surface area is 178 Å². The number of anilines is 1. The van der Waals surface area contributed by atoms with Crippen LogP contribution in [0.15, 0.2) is 51.4 Å². The monoisotopic (exact) mass is 447 g/mol. The van der Waals surface area contributed by atoms with Crippen LogP contribution in [0.2, 0.25) is 0 Å². The number of nitrogens with one attached hydrogen (secondary N) is 1. The Morgan fingerprint density at radius 1 is 1.24 bits per heavy atom. The third-order valence-corrected chi connectivity index (χ3v) is 8.90. The van der Waals surface area contributed by atoms with Crippen molar-refractivity contribution >= 4 is 44.3 Å². The van der Waals surface area contributed by atoms with Crippen LogP contribution in [0, 0.1) is 12.8 Å². The number of amides is 1. The average Bonchev–Trinajstić information content (AvgIpc) is 3.40. The number of piperidine rings is 1. The SMILES string of the molecule is Cc1nc(-c2cccc(NC(=O)[C@@H]3CCCN(S(=O)(=O)c4cccs4)C3)c2)cs1. The van der Waals surface area contributed by atoms with Crippen LogP contribution < -0.4 is 5.32 Å². The van der Waals surface area contributed by atoms with Crippen LogP contribution in [0.25, 0.3) is 11.3 Å². The van der Waals surface area contributed by atoms with Crippen molar-refractivity contribution in [1.82, 2.24) is 9.29 Å². The molecule has 2 aromatic heterocycles. The summed E-state index contributed by atoms with van der Waals surface area (Å²) in [5, 5.41) is 7.68. The molecule has 1 N–H and O–H groups in total. The highest BCUT2D eigenvalue weighted by Gasteiger charge is 2.33. The molecule has 0 saturated carbocycles. The average molecular weight is 448 g/mol. The fraction of sp³-hybridized carbons (Fsp3) is 0.300. The number of thiazole rings is 1. The lowest BCUT2D eigenvalue weighted by atomic mass is 9.98. The molecule has 9 heteroatoms. The van der Waals surface area contributed by atoms with E-state index in [0.29, 0.717) is 29.3 Å². The van der Waals surface area contributed by atoms with Crippen molar-refractivity contribution in [1.29, 1.82) is 0 Å². The lowest BCUT2D eigenvalue weighted by Gasteiger charge is -2.30. The zero-order valence-corrected chi connectivity index (χ0v) is 18.3. The van der Waals surface area contributed by atoms with Crippen LogP contribution >= 0.6 is 22.7 Å². The van der Waals surface area contributed by atoms with E-state index >= 15 is 0 Å². The van der Waals surface area contributed by atoms with Gasteiger partial charge in [0.15, 0.2) is 0 Å². The number of nitrogens with zero attached hydrogens (tertiary/aromatic N) is 2. The number of carbonyl (C=O) groups excluding carboxylic acids is 1. The van der Waals surface area contributed by atoms with Crippen molar-refractivity contribution < 1.29 is 13.2 Å². The summed E-state index contributed by atoms with van der Waals surface area (Å²) in [7, 11) is -3.53. The van der Waals surface area contributed by atoms with Crippen molar-refractivity contribution in [2.24, 2.45) is 5.92 Å². The predicted molar refractivity (Wildman–Crippen MR) is 117 cm³/mol. The van der Waals surface area contributed by atoms with E-state index in [0.717, 1.165) is 16.3 Å². The minimum Gasteiger partial charge on any atom is -0.326 e. The Morgan fingerprint density at radius 2 is 2.10 bits per heavy atom. The van der Waals surface area contributed by atoms with E-state index in [2.05, 4.69) is 10.3 Å². The molecule has 1 atom stereocenters. The Bertz CT molecular complexity index is 1110. The molecule has 1 aliphatic heterocycles. The van der Waals surface area contributed by atoms with Gasteiger partial charge in [-0.25, -0.2) is 13.4 Å². The molecule has 0 radical (unpaired) electrons. The third kappa shape index (κ3) is 4.42. The summed E-state index contributed by atoms with van der Waals surface area (Å²) < 4.78 is 27.3. The lowest BCUT2D eigenvalue weighted by Crippen LogP contribution is -2.43. The maximum absolute atomic E-state index is 12.8. The largest absolute Gasteiger partial charge is 0.326 e. The van der Waals surface area contributed by atoms with Crippen LogP contribution in [0.5, 0.6) is 0 Å². The summed E-state index contributed by atoms with van der Waals surface area (Å²) >= 11 is 2.78. The van der Waals surface area contributed by atoms with Gasteiger partial charge in [0.1, 0.15) is 4.21 Å². The number of benzene rings is 1. The molecule has 29 heavy (non-hydrogen) atoms. The maximum Gasteiger partial charge on any atom is 0.252 e. The van der Waals surface area contributed by atoms with Gasteiger partial charge in [0.25, 0.3) is 10.0 Å². The van der Waals surface area contributed by atoms with Gasteiger partial charge in [0.2, 0.25) is 5.91 Å². The summed E-state index contributed by atoms with van der Waals surface area (Å²) in [5.74, 6) is -0.522. The zero-order valence-electron chi connectivity index (χ0n) is 15.9. The number of hydrogen-bond donors (Lipinski definition) is 1. The Morgan fingerprint density at radius 3 is 2.83 bits per heavy atom. The van der Waals surface area contributed by atoms with Crippen LogP contribution in [-0.2, 0) is 14.8 Å². The van der Waals surface area contributed by atoms with Gasteiger partial charge < -0.3 is 5.32 Å². The molecule has 1 saturated heterocycles. The Balaban J connectivity index is 1.46. The van der Waals surface area contributed by atoms with Gasteiger partial charge in [0, 0.05) is 29.7 Å². The van der Waals surface area contributed by atoms with Crippen molar-refractivity contribution in [2.45, 2.75) is 24.0 Å². The van der Waals surface area contributed by atoms with Gasteiger partial charge in [-0.15, -0.1) is 22.7 Å². The molecule has 4 rings (SSSR count). The molecule has 152 valence electrons. The van der Waals surface area contributed by atoms with E-state index in [-0.39, 0.29) is 18.4 Å². The number of thiophene rings is 1. The van der Waals surface area contributed by atoms with E-state index < -0.39 is 10.0 Å². The second-order valence-corrected chi connectivity index (χ2v) is 11.1. The van der Waals surface area contributed by atoms with Gasteiger partial charge in [-0.05, 0) is 43.3 Å². The third-order valence-electron chi connectivity index (χ3n) is 4.89. The fourth-order valence-corrected chi connectivity index (χ4v) is 6.70. The van der Waals surface area contributed by atoms with Gasteiger partial charge >= 0.3 is 0 Å². The summed E-state index contributed by atoms with van der Waals surface area (Å²) in [6, 6.07) is 10.9. The Hall–Kier alpha value is -2.07. The second kappa shape index (κ2) is 8.35. The normalized spacial score (nSPS) is 17.9. The highest BCUT2D eigenvalue weighted by atomic mass is 32.2. The first kappa shape index (κ1) is 20.2. The molecular formula is C20H21N3O3S3. The molecule has 0 unspecified atom stereocenters. The smallest absolute Gasteiger partial charge is 0.252 e.